The van der Waals surface area contributed by atoms with Crippen molar-refractivity contribution in [2.45, 2.75) is 6.04 Å². The number of aromatic nitrogens is 2. The van der Waals surface area contributed by atoms with Gasteiger partial charge in [-0.3, -0.25) is 9.69 Å². The maximum absolute atomic E-state index is 12.3. The molecule has 8 heteroatoms. The van der Waals surface area contributed by atoms with Crippen molar-refractivity contribution in [3.05, 3.63) is 59.9 Å². The summed E-state index contributed by atoms with van der Waals surface area (Å²) in [5, 5.41) is 20.5. The highest BCUT2D eigenvalue weighted by atomic mass is 16.4. The number of pyridine rings is 1. The number of benzene rings is 1. The summed E-state index contributed by atoms with van der Waals surface area (Å²) in [5.74, 6) is -1.32. The molecule has 1 saturated heterocycles. The van der Waals surface area contributed by atoms with Crippen LogP contribution in [0.15, 0.2) is 48.7 Å². The molecular formula is C21H22N4O4. The number of hydrogen-bond donors (Lipinski definition) is 2. The van der Waals surface area contributed by atoms with Gasteiger partial charge < -0.3 is 19.7 Å². The Labute approximate surface area is 167 Å². The SMILES string of the molecule is Cn1c(C(=O)O)c(C(C(=O)O)N2CCN(c3ccccn3)CC2)c2ccccc21. The van der Waals surface area contributed by atoms with E-state index in [1.807, 2.05) is 35.2 Å². The third kappa shape index (κ3) is 3.31. The smallest absolute Gasteiger partial charge is 0.352 e. The first-order valence-corrected chi connectivity index (χ1v) is 9.42. The van der Waals surface area contributed by atoms with Crippen molar-refractivity contribution in [1.82, 2.24) is 14.5 Å². The second kappa shape index (κ2) is 7.56. The molecule has 1 aromatic carbocycles. The van der Waals surface area contributed by atoms with E-state index in [9.17, 15) is 19.8 Å². The summed E-state index contributed by atoms with van der Waals surface area (Å²) in [6.45, 7) is 2.23. The summed E-state index contributed by atoms with van der Waals surface area (Å²) in [6, 6.07) is 11.9. The first-order chi connectivity index (χ1) is 14.0. The van der Waals surface area contributed by atoms with Crippen LogP contribution in [0.1, 0.15) is 22.1 Å². The van der Waals surface area contributed by atoms with E-state index in [-0.39, 0.29) is 5.69 Å². The Hall–Kier alpha value is -3.39. The van der Waals surface area contributed by atoms with Gasteiger partial charge in [0, 0.05) is 55.9 Å². The number of fused-ring (bicyclic) bond motifs is 1. The standard InChI is InChI=1S/C21H22N4O4/c1-23-15-7-3-2-6-14(15)17(18(23)20(26)27)19(21(28)29)25-12-10-24(11-13-25)16-8-4-5-9-22-16/h2-9,19H,10-13H2,1H3,(H,26,27)(H,28,29). The van der Waals surface area contributed by atoms with E-state index >= 15 is 0 Å². The Kier molecular flexibility index (Phi) is 4.94. The Balaban J connectivity index is 1.70. The van der Waals surface area contributed by atoms with Gasteiger partial charge in [0.1, 0.15) is 17.6 Å². The molecule has 1 aliphatic rings. The first-order valence-electron chi connectivity index (χ1n) is 9.42. The molecule has 1 atom stereocenters. The van der Waals surface area contributed by atoms with Gasteiger partial charge in [0.05, 0.1) is 0 Å². The minimum Gasteiger partial charge on any atom is -0.480 e. The fraction of sp³-hybridized carbons (Fsp3) is 0.286. The van der Waals surface area contributed by atoms with Gasteiger partial charge in [-0.15, -0.1) is 0 Å². The number of hydrogen-bond acceptors (Lipinski definition) is 5. The molecule has 0 bridgehead atoms. The lowest BCUT2D eigenvalue weighted by molar-refractivity contribution is -0.143. The molecule has 2 aromatic heterocycles. The van der Waals surface area contributed by atoms with Gasteiger partial charge in [-0.05, 0) is 18.2 Å². The molecule has 2 N–H and O–H groups in total. The number of carbonyl (C=O) groups is 2. The van der Waals surface area contributed by atoms with E-state index in [0.717, 1.165) is 5.82 Å². The number of piperazine rings is 1. The van der Waals surface area contributed by atoms with E-state index in [1.54, 1.807) is 29.9 Å². The second-order valence-electron chi connectivity index (χ2n) is 7.10. The van der Waals surface area contributed by atoms with E-state index in [1.165, 1.54) is 0 Å². The Morgan fingerprint density at radius 2 is 1.69 bits per heavy atom. The Bertz CT molecular complexity index is 1060. The van der Waals surface area contributed by atoms with Crippen molar-refractivity contribution in [3.63, 3.8) is 0 Å². The third-order valence-electron chi connectivity index (χ3n) is 5.51. The molecule has 4 rings (SSSR count). The van der Waals surface area contributed by atoms with E-state index in [0.29, 0.717) is 42.6 Å². The summed E-state index contributed by atoms with van der Waals surface area (Å²) in [7, 11) is 1.66. The topological polar surface area (TPSA) is 98.9 Å². The lowest BCUT2D eigenvalue weighted by Crippen LogP contribution is -2.49. The maximum Gasteiger partial charge on any atom is 0.352 e. The monoisotopic (exact) mass is 394 g/mol. The largest absolute Gasteiger partial charge is 0.480 e. The minimum atomic E-state index is -1.13. The molecule has 0 radical (unpaired) electrons. The zero-order valence-corrected chi connectivity index (χ0v) is 16.0. The van der Waals surface area contributed by atoms with Gasteiger partial charge in [-0.25, -0.2) is 9.78 Å². The number of nitrogens with zero attached hydrogens (tertiary/aromatic N) is 4. The number of aryl methyl sites for hydroxylation is 1. The number of carboxylic acid groups (broad SMARTS) is 2. The molecule has 0 aliphatic carbocycles. The van der Waals surface area contributed by atoms with Crippen LogP contribution in [0.2, 0.25) is 0 Å². The molecule has 1 unspecified atom stereocenters. The quantitative estimate of drug-likeness (QED) is 0.685. The Morgan fingerprint density at radius 3 is 2.31 bits per heavy atom. The number of anilines is 1. The second-order valence-corrected chi connectivity index (χ2v) is 7.10. The van der Waals surface area contributed by atoms with Crippen LogP contribution in [0.5, 0.6) is 0 Å². The van der Waals surface area contributed by atoms with E-state index in [4.69, 9.17) is 0 Å². The summed E-state index contributed by atoms with van der Waals surface area (Å²) in [5.41, 5.74) is 1.07. The maximum atomic E-state index is 12.3. The van der Waals surface area contributed by atoms with Crippen LogP contribution < -0.4 is 4.90 Å². The molecule has 0 saturated carbocycles. The zero-order valence-electron chi connectivity index (χ0n) is 16.0. The average Bonchev–Trinajstić information content (AvgIpc) is 3.02. The molecule has 29 heavy (non-hydrogen) atoms. The van der Waals surface area contributed by atoms with Gasteiger partial charge in [0.2, 0.25) is 0 Å². The number of para-hydroxylation sites is 1. The van der Waals surface area contributed by atoms with Crippen molar-refractivity contribution < 1.29 is 19.8 Å². The lowest BCUT2D eigenvalue weighted by Gasteiger charge is -2.38. The highest BCUT2D eigenvalue weighted by molar-refractivity contribution is 6.01. The Morgan fingerprint density at radius 1 is 1.00 bits per heavy atom. The fourth-order valence-electron chi connectivity index (χ4n) is 4.17. The molecule has 150 valence electrons. The fourth-order valence-corrected chi connectivity index (χ4v) is 4.17. The van der Waals surface area contributed by atoms with Crippen molar-refractivity contribution in [2.75, 3.05) is 31.1 Å². The van der Waals surface area contributed by atoms with Crippen LogP contribution in [-0.4, -0.2) is 62.8 Å². The minimum absolute atomic E-state index is 0.0192. The molecule has 3 aromatic rings. The molecule has 0 spiro atoms. The molecule has 8 nitrogen and oxygen atoms in total. The predicted octanol–water partition coefficient (Wildman–Crippen LogP) is 2.22. The van der Waals surface area contributed by atoms with Gasteiger partial charge >= 0.3 is 11.9 Å². The van der Waals surface area contributed by atoms with Crippen molar-refractivity contribution in [1.29, 1.82) is 0 Å². The lowest BCUT2D eigenvalue weighted by atomic mass is 10.00. The van der Waals surface area contributed by atoms with Crippen LogP contribution >= 0.6 is 0 Å². The predicted molar refractivity (Wildman–Crippen MR) is 108 cm³/mol. The van der Waals surface area contributed by atoms with Gasteiger partial charge in [-0.1, -0.05) is 24.3 Å². The number of aliphatic carboxylic acids is 1. The van der Waals surface area contributed by atoms with Crippen molar-refractivity contribution in [3.8, 4) is 0 Å². The average molecular weight is 394 g/mol. The first kappa shape index (κ1) is 18.9. The van der Waals surface area contributed by atoms with Crippen LogP contribution in [0, 0.1) is 0 Å². The third-order valence-corrected chi connectivity index (χ3v) is 5.51. The van der Waals surface area contributed by atoms with Crippen molar-refractivity contribution >= 4 is 28.7 Å². The summed E-state index contributed by atoms with van der Waals surface area (Å²) < 4.78 is 1.56. The summed E-state index contributed by atoms with van der Waals surface area (Å²) in [6.07, 6.45) is 1.73. The highest BCUT2D eigenvalue weighted by Gasteiger charge is 2.36. The molecule has 3 heterocycles. The van der Waals surface area contributed by atoms with E-state index in [2.05, 4.69) is 9.88 Å². The highest BCUT2D eigenvalue weighted by Crippen LogP contribution is 2.34. The molecule has 0 amide bonds. The normalized spacial score (nSPS) is 16.1. The van der Waals surface area contributed by atoms with Crippen molar-refractivity contribution in [2.24, 2.45) is 7.05 Å². The van der Waals surface area contributed by atoms with Crippen LogP contribution in [0.4, 0.5) is 5.82 Å². The number of aromatic carboxylic acids is 1. The van der Waals surface area contributed by atoms with Gasteiger partial charge in [-0.2, -0.15) is 0 Å². The molecule has 1 aliphatic heterocycles. The summed E-state index contributed by atoms with van der Waals surface area (Å²) >= 11 is 0. The van der Waals surface area contributed by atoms with E-state index < -0.39 is 18.0 Å². The zero-order chi connectivity index (χ0) is 20.5. The van der Waals surface area contributed by atoms with Crippen LogP contribution in [0.3, 0.4) is 0 Å². The number of rotatable bonds is 5. The van der Waals surface area contributed by atoms with Crippen LogP contribution in [0.25, 0.3) is 10.9 Å². The molecule has 1 fully saturated rings. The number of carboxylic acids is 2. The van der Waals surface area contributed by atoms with Gasteiger partial charge in [0.15, 0.2) is 0 Å². The van der Waals surface area contributed by atoms with Crippen LogP contribution in [-0.2, 0) is 11.8 Å². The molecular weight excluding hydrogens is 372 g/mol. The van der Waals surface area contributed by atoms with Gasteiger partial charge in [0.25, 0.3) is 0 Å². The summed E-state index contributed by atoms with van der Waals surface area (Å²) in [4.78, 5) is 32.6.